The molecule has 0 aliphatic carbocycles. The molecule has 0 aromatic heterocycles. The molecule has 1 heteroatoms. The molecule has 2 radical (unpaired) electrons. The minimum absolute atomic E-state index is 0.126. The Bertz CT molecular complexity index is 279. The Kier molecular flexibility index (Phi) is 4.19. The lowest BCUT2D eigenvalue weighted by Crippen LogP contribution is -2.22. The van der Waals surface area contributed by atoms with E-state index < -0.39 is 0 Å². The lowest BCUT2D eigenvalue weighted by molar-refractivity contribution is 0.131. The summed E-state index contributed by atoms with van der Waals surface area (Å²) in [6, 6.07) is 8.19. The highest BCUT2D eigenvalue weighted by Gasteiger charge is 2.11. The van der Waals surface area contributed by atoms with Crippen molar-refractivity contribution < 1.29 is 4.74 Å². The van der Waals surface area contributed by atoms with Crippen molar-refractivity contribution in [2.45, 2.75) is 39.2 Å². The molecule has 15 heavy (non-hydrogen) atoms. The highest BCUT2D eigenvalue weighted by molar-refractivity contribution is 5.31. The van der Waals surface area contributed by atoms with E-state index >= 15 is 0 Å². The van der Waals surface area contributed by atoms with Crippen molar-refractivity contribution in [2.75, 3.05) is 0 Å². The summed E-state index contributed by atoms with van der Waals surface area (Å²) in [4.78, 5) is 0. The maximum absolute atomic E-state index is 5.73. The summed E-state index contributed by atoms with van der Waals surface area (Å²) in [5, 5.41) is 0. The van der Waals surface area contributed by atoms with Crippen LogP contribution in [0.5, 0.6) is 5.75 Å². The van der Waals surface area contributed by atoms with Crippen LogP contribution in [0, 0.1) is 13.3 Å². The fraction of sp³-hybridized carbons (Fsp3) is 0.429. The van der Waals surface area contributed by atoms with Crippen molar-refractivity contribution in [3.63, 3.8) is 0 Å². The van der Waals surface area contributed by atoms with Crippen LogP contribution < -0.4 is 4.74 Å². The highest BCUT2D eigenvalue weighted by Crippen LogP contribution is 2.19. The molecule has 0 heterocycles. The Morgan fingerprint density at radius 1 is 1.20 bits per heavy atom. The van der Waals surface area contributed by atoms with Crippen molar-refractivity contribution in [1.29, 1.82) is 0 Å². The minimum atomic E-state index is -0.126. The largest absolute Gasteiger partial charge is 0.488 e. The van der Waals surface area contributed by atoms with Crippen LogP contribution in [0.2, 0.25) is 0 Å². The van der Waals surface area contributed by atoms with Gasteiger partial charge in [0.2, 0.25) is 0 Å². The van der Waals surface area contributed by atoms with Crippen LogP contribution in [0.25, 0.3) is 0 Å². The lowest BCUT2D eigenvalue weighted by Gasteiger charge is -2.21. The molecule has 82 valence electrons. The molecule has 1 aromatic carbocycles. The third-order valence-electron chi connectivity index (χ3n) is 1.89. The summed E-state index contributed by atoms with van der Waals surface area (Å²) in [5.41, 5.74) is 1.11. The van der Waals surface area contributed by atoms with Gasteiger partial charge in [-0.3, -0.25) is 0 Å². The van der Waals surface area contributed by atoms with E-state index in [9.17, 15) is 0 Å². The maximum Gasteiger partial charge on any atom is 0.120 e. The zero-order chi connectivity index (χ0) is 11.3. The molecule has 0 fully saturated rings. The second-order valence-corrected chi connectivity index (χ2v) is 4.63. The van der Waals surface area contributed by atoms with Gasteiger partial charge in [-0.25, -0.2) is 0 Å². The van der Waals surface area contributed by atoms with Crippen LogP contribution in [0.3, 0.4) is 0 Å². The third-order valence-corrected chi connectivity index (χ3v) is 1.89. The molecule has 0 saturated carbocycles. The fourth-order valence-electron chi connectivity index (χ4n) is 1.29. The van der Waals surface area contributed by atoms with Crippen molar-refractivity contribution in [3.8, 4) is 5.75 Å². The zero-order valence-corrected chi connectivity index (χ0v) is 9.92. The summed E-state index contributed by atoms with van der Waals surface area (Å²) in [6.45, 7) is 9.96. The fourth-order valence-corrected chi connectivity index (χ4v) is 1.29. The van der Waals surface area contributed by atoms with Gasteiger partial charge in [0, 0.05) is 0 Å². The molecule has 0 aliphatic rings. The van der Waals surface area contributed by atoms with Gasteiger partial charge in [-0.2, -0.15) is 0 Å². The first-order chi connectivity index (χ1) is 7.01. The quantitative estimate of drug-likeness (QED) is 0.719. The Hall–Kier alpha value is -0.980. The van der Waals surface area contributed by atoms with Crippen LogP contribution in [0.1, 0.15) is 39.2 Å². The van der Waals surface area contributed by atoms with Crippen LogP contribution in [0.4, 0.5) is 0 Å². The first kappa shape index (κ1) is 12.1. The van der Waals surface area contributed by atoms with E-state index in [0.717, 1.165) is 18.6 Å². The van der Waals surface area contributed by atoms with Crippen LogP contribution >= 0.6 is 0 Å². The average molecular weight is 204 g/mol. The molecule has 0 unspecified atom stereocenters. The van der Waals surface area contributed by atoms with E-state index in [-0.39, 0.29) is 5.60 Å². The van der Waals surface area contributed by atoms with E-state index in [0.29, 0.717) is 0 Å². The minimum Gasteiger partial charge on any atom is -0.488 e. The number of rotatable bonds is 4. The molecule has 0 saturated heterocycles. The van der Waals surface area contributed by atoms with Gasteiger partial charge in [-0.05, 0) is 51.3 Å². The van der Waals surface area contributed by atoms with Gasteiger partial charge in [-0.1, -0.05) is 25.5 Å². The Labute approximate surface area is 93.5 Å². The van der Waals surface area contributed by atoms with Crippen LogP contribution in [0.15, 0.2) is 24.3 Å². The number of hydrogen-bond acceptors (Lipinski definition) is 1. The zero-order valence-electron chi connectivity index (χ0n) is 9.92. The van der Waals surface area contributed by atoms with Gasteiger partial charge >= 0.3 is 0 Å². The first-order valence-electron chi connectivity index (χ1n) is 5.43. The van der Waals surface area contributed by atoms with Gasteiger partial charge in [0.15, 0.2) is 0 Å². The van der Waals surface area contributed by atoms with Crippen molar-refractivity contribution in [1.82, 2.24) is 0 Å². The van der Waals surface area contributed by atoms with Gasteiger partial charge in [0.25, 0.3) is 0 Å². The van der Waals surface area contributed by atoms with Crippen LogP contribution in [-0.2, 0) is 0 Å². The normalized spacial score (nSPS) is 11.5. The summed E-state index contributed by atoms with van der Waals surface area (Å²) >= 11 is 0. The van der Waals surface area contributed by atoms with Gasteiger partial charge in [0.05, 0.1) is 0 Å². The lowest BCUT2D eigenvalue weighted by atomic mass is 10.1. The molecule has 1 rings (SSSR count). The molecule has 0 spiro atoms. The van der Waals surface area contributed by atoms with Gasteiger partial charge in [0.1, 0.15) is 11.4 Å². The standard InChI is InChI=1S/C14H20O/c1-5-6-7-12-8-10-13(11-9-12)15-14(2,3)4/h7-11H,1,5-6H2,2-4H3. The first-order valence-corrected chi connectivity index (χ1v) is 5.43. The summed E-state index contributed by atoms with van der Waals surface area (Å²) < 4.78 is 5.73. The molecule has 1 aromatic rings. The number of ether oxygens (including phenoxy) is 1. The van der Waals surface area contributed by atoms with Gasteiger partial charge < -0.3 is 4.74 Å². The average Bonchev–Trinajstić information content (AvgIpc) is 2.14. The third kappa shape index (κ3) is 4.87. The predicted molar refractivity (Wildman–Crippen MR) is 64.8 cm³/mol. The monoisotopic (exact) mass is 204 g/mol. The van der Waals surface area contributed by atoms with E-state index in [2.05, 4.69) is 46.2 Å². The SMILES string of the molecule is [CH2]CC[CH]c1ccc(OC(C)(C)C)cc1. The molecule has 0 bridgehead atoms. The number of benzene rings is 1. The molecule has 0 N–H and O–H groups in total. The summed E-state index contributed by atoms with van der Waals surface area (Å²) in [5.74, 6) is 0.925. The predicted octanol–water partition coefficient (Wildman–Crippen LogP) is 4.03. The van der Waals surface area contributed by atoms with E-state index in [4.69, 9.17) is 4.74 Å². The Balaban J connectivity index is 2.56. The second kappa shape index (κ2) is 5.20. The van der Waals surface area contributed by atoms with E-state index in [1.165, 1.54) is 5.56 Å². The summed E-state index contributed by atoms with van der Waals surface area (Å²) in [6.07, 6.45) is 4.16. The number of unbranched alkanes of at least 4 members (excludes halogenated alkanes) is 1. The molecular formula is C14H20O. The molecule has 0 amide bonds. The van der Waals surface area contributed by atoms with Crippen molar-refractivity contribution in [2.24, 2.45) is 0 Å². The summed E-state index contributed by atoms with van der Waals surface area (Å²) in [7, 11) is 0. The highest BCUT2D eigenvalue weighted by atomic mass is 16.5. The van der Waals surface area contributed by atoms with Crippen molar-refractivity contribution in [3.05, 3.63) is 43.2 Å². The van der Waals surface area contributed by atoms with Gasteiger partial charge in [-0.15, -0.1) is 0 Å². The second-order valence-electron chi connectivity index (χ2n) is 4.63. The molecular weight excluding hydrogens is 184 g/mol. The number of hydrogen-bond donors (Lipinski definition) is 0. The molecule has 1 nitrogen and oxygen atoms in total. The van der Waals surface area contributed by atoms with E-state index in [1.807, 2.05) is 12.1 Å². The van der Waals surface area contributed by atoms with E-state index in [1.54, 1.807) is 0 Å². The Morgan fingerprint density at radius 2 is 1.80 bits per heavy atom. The smallest absolute Gasteiger partial charge is 0.120 e. The van der Waals surface area contributed by atoms with Crippen molar-refractivity contribution >= 4 is 0 Å². The Morgan fingerprint density at radius 3 is 2.27 bits per heavy atom. The topological polar surface area (TPSA) is 9.23 Å². The van der Waals surface area contributed by atoms with Crippen LogP contribution in [-0.4, -0.2) is 5.60 Å². The molecule has 0 atom stereocenters. The maximum atomic E-state index is 5.73. The molecule has 0 aliphatic heterocycles.